The maximum atomic E-state index is 6.11. The second-order valence-corrected chi connectivity index (χ2v) is 6.95. The van der Waals surface area contributed by atoms with Crippen molar-refractivity contribution in [2.75, 3.05) is 20.3 Å². The van der Waals surface area contributed by atoms with Crippen LogP contribution in [0.3, 0.4) is 0 Å². The molecule has 2 heterocycles. The summed E-state index contributed by atoms with van der Waals surface area (Å²) in [6, 6.07) is 8.27. The van der Waals surface area contributed by atoms with Gasteiger partial charge < -0.3 is 19.4 Å². The van der Waals surface area contributed by atoms with E-state index in [2.05, 4.69) is 42.9 Å². The Bertz CT molecular complexity index is 820. The van der Waals surface area contributed by atoms with E-state index in [4.69, 9.17) is 14.5 Å². The van der Waals surface area contributed by atoms with Gasteiger partial charge in [-0.15, -0.1) is 0 Å². The highest BCUT2D eigenvalue weighted by Gasteiger charge is 2.33. The van der Waals surface area contributed by atoms with Gasteiger partial charge in [0.05, 0.1) is 12.3 Å². The highest BCUT2D eigenvalue weighted by Crippen LogP contribution is 2.31. The van der Waals surface area contributed by atoms with Crippen molar-refractivity contribution >= 4 is 16.6 Å². The second kappa shape index (κ2) is 7.96. The number of rotatable bonds is 7. The third kappa shape index (κ3) is 3.49. The Morgan fingerprint density at radius 1 is 1.19 bits per heavy atom. The summed E-state index contributed by atoms with van der Waals surface area (Å²) in [5, 5.41) is 1.15. The molecule has 0 amide bonds. The molecule has 0 radical (unpaired) electrons. The Morgan fingerprint density at radius 3 is 2.65 bits per heavy atom. The van der Waals surface area contributed by atoms with E-state index in [0.29, 0.717) is 25.0 Å². The van der Waals surface area contributed by atoms with Gasteiger partial charge in [-0.2, -0.15) is 0 Å². The lowest BCUT2D eigenvalue weighted by atomic mass is 10.0. The van der Waals surface area contributed by atoms with Crippen molar-refractivity contribution in [2.24, 2.45) is 10.9 Å². The Morgan fingerprint density at radius 2 is 1.96 bits per heavy atom. The predicted molar refractivity (Wildman–Crippen MR) is 106 cm³/mol. The number of hydrogen-bond donors (Lipinski definition) is 1. The maximum absolute atomic E-state index is 6.11. The zero-order valence-electron chi connectivity index (χ0n) is 16.4. The molecule has 1 atom stereocenters. The first-order valence-corrected chi connectivity index (χ1v) is 9.42. The number of likely N-dealkylation sites (N-methyl/N-ethyl adjacent to an activating group) is 1. The van der Waals surface area contributed by atoms with Gasteiger partial charge in [0.1, 0.15) is 5.71 Å². The first kappa shape index (κ1) is 18.5. The molecule has 0 bridgehead atoms. The van der Waals surface area contributed by atoms with Gasteiger partial charge >= 0.3 is 0 Å². The molecule has 1 aliphatic rings. The van der Waals surface area contributed by atoms with Crippen molar-refractivity contribution in [1.29, 1.82) is 0 Å². The van der Waals surface area contributed by atoms with Crippen LogP contribution in [0.1, 0.15) is 39.7 Å². The highest BCUT2D eigenvalue weighted by molar-refractivity contribution is 6.13. The number of aromatic amines is 1. The Kier molecular flexibility index (Phi) is 5.67. The van der Waals surface area contributed by atoms with E-state index < -0.39 is 0 Å². The molecule has 0 saturated carbocycles. The largest absolute Gasteiger partial charge is 0.477 e. The highest BCUT2D eigenvalue weighted by atomic mass is 16.5. The van der Waals surface area contributed by atoms with Crippen LogP contribution in [-0.2, 0) is 9.47 Å². The van der Waals surface area contributed by atoms with Gasteiger partial charge in [-0.05, 0) is 32.3 Å². The third-order valence-electron chi connectivity index (χ3n) is 4.55. The Labute approximate surface area is 155 Å². The number of hydrogen-bond acceptors (Lipinski definition) is 4. The maximum Gasteiger partial charge on any atom is 0.233 e. The molecule has 5 heteroatoms. The second-order valence-electron chi connectivity index (χ2n) is 6.95. The van der Waals surface area contributed by atoms with Crippen molar-refractivity contribution in [2.45, 2.75) is 40.3 Å². The Hall–Kier alpha value is -2.27. The summed E-state index contributed by atoms with van der Waals surface area (Å²) in [7, 11) is 2.07. The normalized spacial score (nSPS) is 18.0. The number of nitrogens with zero attached hydrogens (tertiary/aromatic N) is 2. The van der Waals surface area contributed by atoms with Crippen LogP contribution < -0.4 is 0 Å². The smallest absolute Gasteiger partial charge is 0.233 e. The lowest BCUT2D eigenvalue weighted by molar-refractivity contribution is 0.0126. The minimum absolute atomic E-state index is 0.225. The fourth-order valence-electron chi connectivity index (χ4n) is 3.40. The number of allylic oxidation sites excluding steroid dienone is 1. The van der Waals surface area contributed by atoms with Crippen molar-refractivity contribution in [3.63, 3.8) is 0 Å². The zero-order valence-corrected chi connectivity index (χ0v) is 16.4. The summed E-state index contributed by atoms with van der Waals surface area (Å²) in [5.74, 6) is 1.22. The number of H-pyrrole nitrogens is 1. The van der Waals surface area contributed by atoms with Crippen LogP contribution in [-0.4, -0.2) is 42.1 Å². The molecule has 3 rings (SSSR count). The number of aliphatic imine (C=N–C) groups is 1. The minimum Gasteiger partial charge on any atom is -0.477 e. The van der Waals surface area contributed by atoms with E-state index >= 15 is 0 Å². The lowest BCUT2D eigenvalue weighted by Crippen LogP contribution is -2.44. The van der Waals surface area contributed by atoms with E-state index in [1.54, 1.807) is 0 Å². The first-order chi connectivity index (χ1) is 12.6. The monoisotopic (exact) mass is 355 g/mol. The molecule has 0 fully saturated rings. The van der Waals surface area contributed by atoms with E-state index in [1.165, 1.54) is 0 Å². The standard InChI is InChI=1S/C21H29N3O2/c1-6-25-20-18(12-14(3)4)24(5)21(26-7-2)19(23-20)16-13-22-17-11-9-8-10-15(16)17/h8-11,13-14,21-22H,6-7,12H2,1-5H3. The van der Waals surface area contributed by atoms with Gasteiger partial charge in [-0.25, -0.2) is 4.99 Å². The van der Waals surface area contributed by atoms with Crippen molar-refractivity contribution in [1.82, 2.24) is 9.88 Å². The average molecular weight is 355 g/mol. The van der Waals surface area contributed by atoms with Gasteiger partial charge in [-0.3, -0.25) is 0 Å². The van der Waals surface area contributed by atoms with Crippen molar-refractivity contribution < 1.29 is 9.47 Å². The molecule has 26 heavy (non-hydrogen) atoms. The quantitative estimate of drug-likeness (QED) is 0.794. The molecule has 1 aromatic carbocycles. The van der Waals surface area contributed by atoms with E-state index in [1.807, 2.05) is 32.2 Å². The molecule has 1 unspecified atom stereocenters. The molecule has 0 saturated heterocycles. The summed E-state index contributed by atoms with van der Waals surface area (Å²) >= 11 is 0. The van der Waals surface area contributed by atoms with Crippen LogP contribution in [0.2, 0.25) is 0 Å². The number of fused-ring (bicyclic) bond motifs is 1. The van der Waals surface area contributed by atoms with Crippen molar-refractivity contribution in [3.05, 3.63) is 47.6 Å². The molecule has 5 nitrogen and oxygen atoms in total. The fraction of sp³-hybridized carbons (Fsp3) is 0.476. The molecule has 1 aliphatic heterocycles. The first-order valence-electron chi connectivity index (χ1n) is 9.42. The number of nitrogens with one attached hydrogen (secondary N) is 1. The lowest BCUT2D eigenvalue weighted by Gasteiger charge is -2.37. The van der Waals surface area contributed by atoms with Gasteiger partial charge in [0.25, 0.3) is 0 Å². The zero-order chi connectivity index (χ0) is 18.7. The number of ether oxygens (including phenoxy) is 2. The molecule has 0 aliphatic carbocycles. The van der Waals surface area contributed by atoms with E-state index in [9.17, 15) is 0 Å². The summed E-state index contributed by atoms with van der Waals surface area (Å²) in [4.78, 5) is 10.5. The van der Waals surface area contributed by atoms with Crippen LogP contribution in [0.4, 0.5) is 0 Å². The third-order valence-corrected chi connectivity index (χ3v) is 4.55. The average Bonchev–Trinajstić information content (AvgIpc) is 3.04. The minimum atomic E-state index is -0.225. The molecule has 1 N–H and O–H groups in total. The van der Waals surface area contributed by atoms with Crippen LogP contribution in [0.25, 0.3) is 10.9 Å². The molecule has 140 valence electrons. The van der Waals surface area contributed by atoms with Gasteiger partial charge in [0, 0.05) is 36.3 Å². The van der Waals surface area contributed by atoms with Crippen molar-refractivity contribution in [3.8, 4) is 0 Å². The van der Waals surface area contributed by atoms with Crippen LogP contribution in [0.5, 0.6) is 0 Å². The summed E-state index contributed by atoms with van der Waals surface area (Å²) in [6.07, 6.45) is 2.69. The van der Waals surface area contributed by atoms with Crippen LogP contribution >= 0.6 is 0 Å². The molecule has 1 aromatic heterocycles. The number of para-hydroxylation sites is 1. The van der Waals surface area contributed by atoms with Crippen LogP contribution in [0.15, 0.2) is 47.0 Å². The topological polar surface area (TPSA) is 49.9 Å². The van der Waals surface area contributed by atoms with E-state index in [0.717, 1.165) is 34.3 Å². The summed E-state index contributed by atoms with van der Waals surface area (Å²) < 4.78 is 12.0. The van der Waals surface area contributed by atoms with Crippen LogP contribution in [0, 0.1) is 5.92 Å². The Balaban J connectivity index is 2.14. The number of benzene rings is 1. The number of aromatic nitrogens is 1. The summed E-state index contributed by atoms with van der Waals surface area (Å²) in [5.41, 5.74) is 4.15. The summed E-state index contributed by atoms with van der Waals surface area (Å²) in [6.45, 7) is 9.64. The molecule has 0 spiro atoms. The SMILES string of the molecule is CCOC1=C(CC(C)C)N(C)C(OCC)C(c2c[nH]c3ccccc23)=N1. The molecule has 2 aromatic rings. The fourth-order valence-corrected chi connectivity index (χ4v) is 3.40. The van der Waals surface area contributed by atoms with Gasteiger partial charge in [0.15, 0.2) is 6.23 Å². The molecular formula is C21H29N3O2. The predicted octanol–water partition coefficient (Wildman–Crippen LogP) is 4.52. The van der Waals surface area contributed by atoms with Gasteiger partial charge in [0.2, 0.25) is 5.88 Å². The molecular weight excluding hydrogens is 326 g/mol. The van der Waals surface area contributed by atoms with E-state index in [-0.39, 0.29) is 6.23 Å². The van der Waals surface area contributed by atoms with Gasteiger partial charge in [-0.1, -0.05) is 32.0 Å².